The molecule has 3 amide bonds. The Hall–Kier alpha value is -4.30. The standard InChI is InChI=1S/C29H37N5O8S/c1-17-14-34(18(2)16-35)28(36)24-13-21(32-43(38,39)23-10-8-22(40-6)9-11-23)7-12-25(24)41-26(17)15-33(5)29(37)30-27-19(3)31-42-20(27)4/h7-13,17-18,26,32,35H,14-16H2,1-6H3,(H,30,37)/t17-,18-,26-/m0/s1. The molecule has 0 aliphatic carbocycles. The van der Waals surface area contributed by atoms with Crippen LogP contribution in [-0.4, -0.2) is 86.4 Å². The van der Waals surface area contributed by atoms with Crippen molar-refractivity contribution in [3.8, 4) is 11.5 Å². The predicted octanol–water partition coefficient (Wildman–Crippen LogP) is 3.48. The van der Waals surface area contributed by atoms with Crippen LogP contribution in [0.2, 0.25) is 0 Å². The molecule has 13 nitrogen and oxygen atoms in total. The molecule has 0 bridgehead atoms. The molecule has 0 spiro atoms. The van der Waals surface area contributed by atoms with Crippen LogP contribution in [0.4, 0.5) is 16.2 Å². The van der Waals surface area contributed by atoms with E-state index in [2.05, 4.69) is 15.2 Å². The number of hydrogen-bond donors (Lipinski definition) is 3. The van der Waals surface area contributed by atoms with Crippen LogP contribution in [0.15, 0.2) is 51.9 Å². The molecule has 14 heteroatoms. The van der Waals surface area contributed by atoms with Gasteiger partial charge in [0.2, 0.25) is 0 Å². The van der Waals surface area contributed by atoms with Gasteiger partial charge in [-0.3, -0.25) is 9.52 Å². The number of fused-ring (bicyclic) bond motifs is 1. The minimum atomic E-state index is -3.98. The molecule has 0 saturated carbocycles. The number of aryl methyl sites for hydroxylation is 2. The van der Waals surface area contributed by atoms with E-state index in [1.165, 1.54) is 59.4 Å². The maximum Gasteiger partial charge on any atom is 0.321 e. The Morgan fingerprint density at radius 3 is 2.53 bits per heavy atom. The number of carbonyl (C=O) groups is 2. The highest BCUT2D eigenvalue weighted by Crippen LogP contribution is 2.32. The SMILES string of the molecule is COc1ccc(S(=O)(=O)Nc2ccc3c(c2)C(=O)N([C@@H](C)CO)C[C@H](C)[C@H](CN(C)C(=O)Nc2c(C)noc2C)O3)cc1. The third-order valence-electron chi connectivity index (χ3n) is 7.35. The van der Waals surface area contributed by atoms with E-state index in [0.717, 1.165) is 0 Å². The molecule has 3 atom stereocenters. The van der Waals surface area contributed by atoms with E-state index < -0.39 is 34.1 Å². The minimum absolute atomic E-state index is 0.0185. The van der Waals surface area contributed by atoms with Crippen molar-refractivity contribution in [1.29, 1.82) is 0 Å². The number of hydrogen-bond acceptors (Lipinski definition) is 9. The number of aromatic nitrogens is 1. The topological polar surface area (TPSA) is 164 Å². The molecule has 0 saturated heterocycles. The number of sulfonamides is 1. The number of anilines is 2. The van der Waals surface area contributed by atoms with Gasteiger partial charge in [-0.2, -0.15) is 0 Å². The second-order valence-electron chi connectivity index (χ2n) is 10.6. The van der Waals surface area contributed by atoms with E-state index in [-0.39, 0.29) is 47.5 Å². The van der Waals surface area contributed by atoms with Crippen LogP contribution < -0.4 is 19.5 Å². The maximum atomic E-state index is 13.7. The molecule has 1 aliphatic heterocycles. The number of ether oxygens (including phenoxy) is 2. The van der Waals surface area contributed by atoms with Crippen molar-refractivity contribution < 1.29 is 37.1 Å². The van der Waals surface area contributed by atoms with E-state index in [1.54, 1.807) is 27.8 Å². The molecule has 3 N–H and O–H groups in total. The number of nitrogens with one attached hydrogen (secondary N) is 2. The third kappa shape index (κ3) is 7.03. The van der Waals surface area contributed by atoms with Gasteiger partial charge >= 0.3 is 6.03 Å². The number of likely N-dealkylation sites (N-methyl/N-ethyl adjacent to an activating group) is 1. The second kappa shape index (κ2) is 12.9. The van der Waals surface area contributed by atoms with Crippen molar-refractivity contribution in [2.24, 2.45) is 5.92 Å². The lowest BCUT2D eigenvalue weighted by molar-refractivity contribution is 0.0371. The monoisotopic (exact) mass is 615 g/mol. The van der Waals surface area contributed by atoms with Gasteiger partial charge in [0.05, 0.1) is 36.8 Å². The van der Waals surface area contributed by atoms with E-state index in [0.29, 0.717) is 22.9 Å². The van der Waals surface area contributed by atoms with Gasteiger partial charge in [-0.1, -0.05) is 12.1 Å². The van der Waals surface area contributed by atoms with Gasteiger partial charge in [-0.05, 0) is 63.2 Å². The molecule has 1 aliphatic rings. The Labute approximate surface area is 250 Å². The highest BCUT2D eigenvalue weighted by molar-refractivity contribution is 7.92. The van der Waals surface area contributed by atoms with Gasteiger partial charge in [0, 0.05) is 25.2 Å². The summed E-state index contributed by atoms with van der Waals surface area (Å²) in [6.45, 7) is 7.17. The van der Waals surface area contributed by atoms with Crippen LogP contribution in [-0.2, 0) is 10.0 Å². The van der Waals surface area contributed by atoms with Crippen LogP contribution in [0.5, 0.6) is 11.5 Å². The Balaban J connectivity index is 1.62. The Morgan fingerprint density at radius 1 is 1.23 bits per heavy atom. The molecule has 1 aromatic heterocycles. The first-order valence-corrected chi connectivity index (χ1v) is 15.2. The number of methoxy groups -OCH3 is 1. The normalized spacial score (nSPS) is 17.7. The summed E-state index contributed by atoms with van der Waals surface area (Å²) in [5, 5.41) is 16.6. The molecule has 0 radical (unpaired) electrons. The van der Waals surface area contributed by atoms with Crippen LogP contribution >= 0.6 is 0 Å². The second-order valence-corrected chi connectivity index (χ2v) is 12.3. The molecule has 0 unspecified atom stereocenters. The van der Waals surface area contributed by atoms with Crippen molar-refractivity contribution >= 4 is 33.3 Å². The zero-order valence-corrected chi connectivity index (χ0v) is 25.8. The molecular formula is C29H37N5O8S. The van der Waals surface area contributed by atoms with Gasteiger partial charge in [0.15, 0.2) is 5.76 Å². The zero-order valence-electron chi connectivity index (χ0n) is 24.9. The largest absolute Gasteiger partial charge is 0.497 e. The molecule has 3 aromatic rings. The smallest absolute Gasteiger partial charge is 0.321 e. The summed E-state index contributed by atoms with van der Waals surface area (Å²) >= 11 is 0. The Morgan fingerprint density at radius 2 is 1.93 bits per heavy atom. The number of benzene rings is 2. The molecule has 2 heterocycles. The average Bonchev–Trinajstić information content (AvgIpc) is 3.30. The van der Waals surface area contributed by atoms with Gasteiger partial charge < -0.3 is 34.2 Å². The number of urea groups is 1. The third-order valence-corrected chi connectivity index (χ3v) is 8.75. The van der Waals surface area contributed by atoms with E-state index in [4.69, 9.17) is 14.0 Å². The van der Waals surface area contributed by atoms with E-state index in [9.17, 15) is 23.1 Å². The van der Waals surface area contributed by atoms with E-state index in [1.807, 2.05) is 6.92 Å². The fraction of sp³-hybridized carbons (Fsp3) is 0.414. The molecule has 4 rings (SSSR count). The van der Waals surface area contributed by atoms with Crippen LogP contribution in [0.25, 0.3) is 0 Å². The minimum Gasteiger partial charge on any atom is -0.497 e. The summed E-state index contributed by atoms with van der Waals surface area (Å²) in [6.07, 6.45) is -0.553. The molecule has 0 fully saturated rings. The fourth-order valence-electron chi connectivity index (χ4n) is 4.69. The first-order valence-electron chi connectivity index (χ1n) is 13.7. The Bertz CT molecular complexity index is 1550. The highest BCUT2D eigenvalue weighted by Gasteiger charge is 2.34. The lowest BCUT2D eigenvalue weighted by Gasteiger charge is -2.38. The fourth-order valence-corrected chi connectivity index (χ4v) is 5.74. The van der Waals surface area contributed by atoms with Crippen molar-refractivity contribution in [2.45, 2.75) is 44.7 Å². The quantitative estimate of drug-likeness (QED) is 0.327. The van der Waals surface area contributed by atoms with Crippen molar-refractivity contribution in [3.05, 3.63) is 59.5 Å². The van der Waals surface area contributed by atoms with Crippen LogP contribution in [0.1, 0.15) is 35.7 Å². The zero-order chi connectivity index (χ0) is 31.5. The molecule has 232 valence electrons. The van der Waals surface area contributed by atoms with Gasteiger partial charge in [-0.25, -0.2) is 13.2 Å². The van der Waals surface area contributed by atoms with Crippen molar-refractivity contribution in [1.82, 2.24) is 15.0 Å². The summed E-state index contributed by atoms with van der Waals surface area (Å²) in [5.41, 5.74) is 1.32. The summed E-state index contributed by atoms with van der Waals surface area (Å²) < 4.78 is 45.2. The number of aliphatic hydroxyl groups is 1. The molecule has 2 aromatic carbocycles. The first-order chi connectivity index (χ1) is 20.3. The average molecular weight is 616 g/mol. The van der Waals surface area contributed by atoms with Gasteiger partial charge in [-0.15, -0.1) is 0 Å². The van der Waals surface area contributed by atoms with Crippen LogP contribution in [0, 0.1) is 19.8 Å². The van der Waals surface area contributed by atoms with E-state index >= 15 is 0 Å². The number of nitrogens with zero attached hydrogens (tertiary/aromatic N) is 3. The lowest BCUT2D eigenvalue weighted by Crippen LogP contribution is -2.50. The van der Waals surface area contributed by atoms with Gasteiger partial charge in [0.1, 0.15) is 29.0 Å². The maximum absolute atomic E-state index is 13.7. The number of amides is 3. The van der Waals surface area contributed by atoms with Crippen molar-refractivity contribution in [2.75, 3.05) is 43.9 Å². The summed E-state index contributed by atoms with van der Waals surface area (Å²) in [7, 11) is -0.870. The molecular weight excluding hydrogens is 578 g/mol. The number of aliphatic hydroxyl groups excluding tert-OH is 1. The highest BCUT2D eigenvalue weighted by atomic mass is 32.2. The Kier molecular flexibility index (Phi) is 9.50. The van der Waals surface area contributed by atoms with Crippen LogP contribution in [0.3, 0.4) is 0 Å². The lowest BCUT2D eigenvalue weighted by atomic mass is 9.99. The van der Waals surface area contributed by atoms with Gasteiger partial charge in [0.25, 0.3) is 15.9 Å². The summed E-state index contributed by atoms with van der Waals surface area (Å²) in [4.78, 5) is 29.8. The predicted molar refractivity (Wildman–Crippen MR) is 159 cm³/mol. The summed E-state index contributed by atoms with van der Waals surface area (Å²) in [6, 6.07) is 9.42. The number of rotatable bonds is 9. The first kappa shape index (κ1) is 31.6. The number of carbonyl (C=O) groups excluding carboxylic acids is 2. The summed E-state index contributed by atoms with van der Waals surface area (Å²) in [5.74, 6) is 0.556. The van der Waals surface area contributed by atoms with Crippen molar-refractivity contribution in [3.63, 3.8) is 0 Å². The molecule has 43 heavy (non-hydrogen) atoms.